The quantitative estimate of drug-likeness (QED) is 0.740. The van der Waals surface area contributed by atoms with Crippen LogP contribution in [0, 0.1) is 11.3 Å². The molecule has 3 aromatic rings. The second kappa shape index (κ2) is 4.82. The molecule has 0 unspecified atom stereocenters. The van der Waals surface area contributed by atoms with Gasteiger partial charge in [0.1, 0.15) is 11.8 Å². The van der Waals surface area contributed by atoms with E-state index in [1.807, 2.05) is 12.1 Å². The van der Waals surface area contributed by atoms with E-state index >= 15 is 0 Å². The van der Waals surface area contributed by atoms with Crippen molar-refractivity contribution in [1.29, 1.82) is 5.26 Å². The summed E-state index contributed by atoms with van der Waals surface area (Å²) in [5.74, 6) is -0.289. The molecular weight excluding hydrogens is 254 g/mol. The number of hydrogen-bond acceptors (Lipinski definition) is 4. The Hall–Kier alpha value is -3.20. The van der Waals surface area contributed by atoms with E-state index in [-0.39, 0.29) is 11.6 Å². The summed E-state index contributed by atoms with van der Waals surface area (Å²) in [6, 6.07) is 10.3. The molecule has 20 heavy (non-hydrogen) atoms. The number of pyridine rings is 1. The molecule has 0 aliphatic rings. The summed E-state index contributed by atoms with van der Waals surface area (Å²) in [6.45, 7) is 0. The Morgan fingerprint density at radius 1 is 1.25 bits per heavy atom. The van der Waals surface area contributed by atoms with Crippen LogP contribution in [0.25, 0.3) is 11.0 Å². The van der Waals surface area contributed by atoms with Gasteiger partial charge in [-0.3, -0.25) is 4.79 Å². The first kappa shape index (κ1) is 11.9. The van der Waals surface area contributed by atoms with Crippen molar-refractivity contribution in [3.8, 4) is 6.07 Å². The lowest BCUT2D eigenvalue weighted by molar-refractivity contribution is 0.102. The highest BCUT2D eigenvalue weighted by atomic mass is 16.1. The molecule has 6 heteroatoms. The number of hydrogen-bond donors (Lipinski definition) is 2. The van der Waals surface area contributed by atoms with Gasteiger partial charge in [-0.05, 0) is 30.3 Å². The van der Waals surface area contributed by atoms with Gasteiger partial charge in [0.05, 0.1) is 17.4 Å². The second-order valence-electron chi connectivity index (χ2n) is 4.13. The number of amides is 1. The standard InChI is InChI=1S/C14H9N5O/c15-7-11-5-9(3-4-16-11)14(20)19-10-1-2-12-13(6-10)18-8-17-12/h1-6,8H,(H,17,18)(H,19,20). The second-order valence-corrected chi connectivity index (χ2v) is 4.13. The zero-order valence-electron chi connectivity index (χ0n) is 10.3. The Morgan fingerprint density at radius 3 is 3.00 bits per heavy atom. The highest BCUT2D eigenvalue weighted by molar-refractivity contribution is 6.05. The predicted molar refractivity (Wildman–Crippen MR) is 73.0 cm³/mol. The molecule has 0 saturated carbocycles. The van der Waals surface area contributed by atoms with Crippen LogP contribution in [0.15, 0.2) is 42.9 Å². The Kier molecular flexibility index (Phi) is 2.86. The largest absolute Gasteiger partial charge is 0.345 e. The maximum absolute atomic E-state index is 12.1. The summed E-state index contributed by atoms with van der Waals surface area (Å²) in [7, 11) is 0. The lowest BCUT2D eigenvalue weighted by atomic mass is 10.2. The SMILES string of the molecule is N#Cc1cc(C(=O)Nc2ccc3nc[nH]c3c2)ccn1. The molecule has 1 aromatic carbocycles. The van der Waals surface area contributed by atoms with Crippen LogP contribution in [0.4, 0.5) is 5.69 Å². The van der Waals surface area contributed by atoms with Gasteiger partial charge in [-0.1, -0.05) is 0 Å². The number of fused-ring (bicyclic) bond motifs is 1. The average molecular weight is 263 g/mol. The maximum atomic E-state index is 12.1. The number of aromatic amines is 1. The van der Waals surface area contributed by atoms with E-state index in [1.54, 1.807) is 24.5 Å². The van der Waals surface area contributed by atoms with Crippen LogP contribution in [0.3, 0.4) is 0 Å². The number of H-pyrrole nitrogens is 1. The van der Waals surface area contributed by atoms with Crippen molar-refractivity contribution in [3.63, 3.8) is 0 Å². The summed E-state index contributed by atoms with van der Waals surface area (Å²) in [6.07, 6.45) is 3.03. The molecule has 0 spiro atoms. The van der Waals surface area contributed by atoms with Crippen molar-refractivity contribution >= 4 is 22.6 Å². The molecule has 0 atom stereocenters. The Labute approximate surface area is 114 Å². The minimum Gasteiger partial charge on any atom is -0.345 e. The van der Waals surface area contributed by atoms with Crippen LogP contribution in [-0.4, -0.2) is 20.9 Å². The van der Waals surface area contributed by atoms with E-state index in [0.29, 0.717) is 11.3 Å². The highest BCUT2D eigenvalue weighted by Gasteiger charge is 2.08. The van der Waals surface area contributed by atoms with E-state index in [2.05, 4.69) is 20.3 Å². The van der Waals surface area contributed by atoms with Gasteiger partial charge in [0.2, 0.25) is 0 Å². The molecule has 0 saturated heterocycles. The monoisotopic (exact) mass is 263 g/mol. The zero-order chi connectivity index (χ0) is 13.9. The van der Waals surface area contributed by atoms with Gasteiger partial charge in [0.15, 0.2) is 0 Å². The van der Waals surface area contributed by atoms with Crippen molar-refractivity contribution in [1.82, 2.24) is 15.0 Å². The number of anilines is 1. The summed E-state index contributed by atoms with van der Waals surface area (Å²) in [4.78, 5) is 23.0. The number of carbonyl (C=O) groups is 1. The van der Waals surface area contributed by atoms with E-state index < -0.39 is 0 Å². The third kappa shape index (κ3) is 2.20. The first-order valence-electron chi connectivity index (χ1n) is 5.87. The molecule has 0 radical (unpaired) electrons. The summed E-state index contributed by atoms with van der Waals surface area (Å²) < 4.78 is 0. The summed E-state index contributed by atoms with van der Waals surface area (Å²) >= 11 is 0. The number of nitriles is 1. The fourth-order valence-corrected chi connectivity index (χ4v) is 1.85. The molecule has 2 heterocycles. The minimum atomic E-state index is -0.289. The van der Waals surface area contributed by atoms with Crippen molar-refractivity contribution in [3.05, 3.63) is 54.1 Å². The van der Waals surface area contributed by atoms with Gasteiger partial charge in [0.25, 0.3) is 5.91 Å². The Morgan fingerprint density at radius 2 is 2.15 bits per heavy atom. The van der Waals surface area contributed by atoms with Gasteiger partial charge in [0, 0.05) is 17.4 Å². The molecule has 2 aromatic heterocycles. The number of benzene rings is 1. The lowest BCUT2D eigenvalue weighted by Gasteiger charge is -2.05. The van der Waals surface area contributed by atoms with Crippen LogP contribution in [0.2, 0.25) is 0 Å². The average Bonchev–Trinajstić information content (AvgIpc) is 2.95. The number of rotatable bonds is 2. The number of nitrogens with zero attached hydrogens (tertiary/aromatic N) is 3. The highest BCUT2D eigenvalue weighted by Crippen LogP contribution is 2.16. The number of aromatic nitrogens is 3. The molecule has 96 valence electrons. The van der Waals surface area contributed by atoms with Crippen molar-refractivity contribution < 1.29 is 4.79 Å². The third-order valence-corrected chi connectivity index (χ3v) is 2.81. The van der Waals surface area contributed by atoms with Gasteiger partial charge >= 0.3 is 0 Å². The minimum absolute atomic E-state index is 0.210. The van der Waals surface area contributed by atoms with Gasteiger partial charge < -0.3 is 10.3 Å². The van der Waals surface area contributed by atoms with Gasteiger partial charge in [-0.25, -0.2) is 9.97 Å². The normalized spacial score (nSPS) is 10.2. The van der Waals surface area contributed by atoms with Crippen LogP contribution in [0.5, 0.6) is 0 Å². The summed E-state index contributed by atoms with van der Waals surface area (Å²) in [5.41, 5.74) is 2.93. The van der Waals surface area contributed by atoms with E-state index in [9.17, 15) is 4.79 Å². The zero-order valence-corrected chi connectivity index (χ0v) is 10.3. The molecule has 0 aliphatic heterocycles. The van der Waals surface area contributed by atoms with Crippen molar-refractivity contribution in [2.45, 2.75) is 0 Å². The Balaban J connectivity index is 1.86. The molecule has 3 rings (SSSR count). The van der Waals surface area contributed by atoms with E-state index in [4.69, 9.17) is 5.26 Å². The molecule has 0 fully saturated rings. The van der Waals surface area contributed by atoms with Crippen molar-refractivity contribution in [2.75, 3.05) is 5.32 Å². The first-order valence-corrected chi connectivity index (χ1v) is 5.87. The van der Waals surface area contributed by atoms with E-state index in [1.165, 1.54) is 12.3 Å². The van der Waals surface area contributed by atoms with Gasteiger partial charge in [-0.2, -0.15) is 5.26 Å². The molecule has 6 nitrogen and oxygen atoms in total. The number of nitrogens with one attached hydrogen (secondary N) is 2. The third-order valence-electron chi connectivity index (χ3n) is 2.81. The van der Waals surface area contributed by atoms with Crippen LogP contribution < -0.4 is 5.32 Å². The van der Waals surface area contributed by atoms with Crippen LogP contribution >= 0.6 is 0 Å². The maximum Gasteiger partial charge on any atom is 0.255 e. The van der Waals surface area contributed by atoms with Crippen LogP contribution in [-0.2, 0) is 0 Å². The molecule has 2 N–H and O–H groups in total. The topological polar surface area (TPSA) is 94.5 Å². The fourth-order valence-electron chi connectivity index (χ4n) is 1.85. The number of carbonyl (C=O) groups excluding carboxylic acids is 1. The lowest BCUT2D eigenvalue weighted by Crippen LogP contribution is -2.12. The molecular formula is C14H9N5O. The van der Waals surface area contributed by atoms with Gasteiger partial charge in [-0.15, -0.1) is 0 Å². The first-order chi connectivity index (χ1) is 9.76. The van der Waals surface area contributed by atoms with Crippen LogP contribution in [0.1, 0.15) is 16.1 Å². The predicted octanol–water partition coefficient (Wildman–Crippen LogP) is 2.08. The Bertz CT molecular complexity index is 831. The molecule has 1 amide bonds. The summed E-state index contributed by atoms with van der Waals surface area (Å²) in [5, 5.41) is 11.5. The van der Waals surface area contributed by atoms with Crippen molar-refractivity contribution in [2.24, 2.45) is 0 Å². The molecule has 0 bridgehead atoms. The molecule has 0 aliphatic carbocycles. The number of imidazole rings is 1. The smallest absolute Gasteiger partial charge is 0.255 e. The van der Waals surface area contributed by atoms with E-state index in [0.717, 1.165) is 11.0 Å². The fraction of sp³-hybridized carbons (Fsp3) is 0.